The van der Waals surface area contributed by atoms with Crippen LogP contribution in [0.3, 0.4) is 0 Å². The Bertz CT molecular complexity index is 217. The highest BCUT2D eigenvalue weighted by atomic mass is 16.6. The van der Waals surface area contributed by atoms with E-state index in [0.717, 1.165) is 0 Å². The van der Waals surface area contributed by atoms with Crippen LogP contribution in [0.25, 0.3) is 0 Å². The summed E-state index contributed by atoms with van der Waals surface area (Å²) in [5.74, 6) is -1.03. The predicted octanol–water partition coefficient (Wildman–Crippen LogP) is -0.623. The molecule has 0 unspecified atom stereocenters. The average molecular weight is 188 g/mol. The van der Waals surface area contributed by atoms with Gasteiger partial charge in [-0.1, -0.05) is 0 Å². The molecule has 5 nitrogen and oxygen atoms in total. The van der Waals surface area contributed by atoms with Gasteiger partial charge in [-0.25, -0.2) is 9.59 Å². The third kappa shape index (κ3) is 3.35. The Hall–Kier alpha value is -1.20. The normalized spacial score (nSPS) is 15.4. The van der Waals surface area contributed by atoms with Gasteiger partial charge in [-0.2, -0.15) is 0 Å². The second kappa shape index (κ2) is 5.45. The van der Waals surface area contributed by atoms with Crippen LogP contribution in [-0.2, 0) is 14.3 Å². The average Bonchev–Trinajstić information content (AvgIpc) is 2.34. The molecule has 0 bridgehead atoms. The van der Waals surface area contributed by atoms with Crippen molar-refractivity contribution in [3.05, 3.63) is 11.1 Å². The molecule has 0 amide bonds. The maximum absolute atomic E-state index is 10.5. The fourth-order valence-corrected chi connectivity index (χ4v) is 0.543. The standard InChI is InChI=1S/C6H6O3.C2H6O2/c1-3-4(2)6(8)9-5(3)7;3-1-2-4/h1-2H3;3-4H,1-2H2. The van der Waals surface area contributed by atoms with E-state index in [9.17, 15) is 9.59 Å². The Morgan fingerprint density at radius 1 is 1.00 bits per heavy atom. The highest BCUT2D eigenvalue weighted by Gasteiger charge is 2.25. The van der Waals surface area contributed by atoms with Crippen molar-refractivity contribution < 1.29 is 24.5 Å². The number of carbonyl (C=O) groups is 2. The first kappa shape index (κ1) is 11.8. The minimum absolute atomic E-state index is 0.125. The van der Waals surface area contributed by atoms with Crippen LogP contribution in [0, 0.1) is 0 Å². The molecular weight excluding hydrogens is 176 g/mol. The summed E-state index contributed by atoms with van der Waals surface area (Å²) in [6, 6.07) is 0. The lowest BCUT2D eigenvalue weighted by molar-refractivity contribution is -0.151. The van der Waals surface area contributed by atoms with E-state index in [2.05, 4.69) is 4.74 Å². The van der Waals surface area contributed by atoms with Gasteiger partial charge in [0, 0.05) is 11.1 Å². The number of esters is 2. The van der Waals surface area contributed by atoms with Crippen molar-refractivity contribution in [3.63, 3.8) is 0 Å². The number of aliphatic hydroxyl groups is 2. The summed E-state index contributed by atoms with van der Waals surface area (Å²) in [4.78, 5) is 21.0. The molecule has 5 heteroatoms. The molecular formula is C8H12O5. The third-order valence-corrected chi connectivity index (χ3v) is 1.46. The van der Waals surface area contributed by atoms with Crippen LogP contribution >= 0.6 is 0 Å². The summed E-state index contributed by atoms with van der Waals surface area (Å²) in [6.45, 7) is 2.89. The topological polar surface area (TPSA) is 83.8 Å². The van der Waals surface area contributed by atoms with E-state index in [0.29, 0.717) is 11.1 Å². The number of cyclic esters (lactones) is 2. The zero-order chi connectivity index (χ0) is 10.4. The second-order valence-electron chi connectivity index (χ2n) is 2.37. The summed E-state index contributed by atoms with van der Waals surface area (Å²) >= 11 is 0. The van der Waals surface area contributed by atoms with Crippen molar-refractivity contribution in [1.82, 2.24) is 0 Å². The van der Waals surface area contributed by atoms with Gasteiger partial charge in [0.2, 0.25) is 0 Å². The van der Waals surface area contributed by atoms with E-state index in [4.69, 9.17) is 10.2 Å². The van der Waals surface area contributed by atoms with E-state index in [1.165, 1.54) is 0 Å². The molecule has 0 aromatic heterocycles. The Balaban J connectivity index is 0.000000310. The van der Waals surface area contributed by atoms with E-state index >= 15 is 0 Å². The third-order valence-electron chi connectivity index (χ3n) is 1.46. The lowest BCUT2D eigenvalue weighted by Crippen LogP contribution is -2.00. The van der Waals surface area contributed by atoms with Crippen molar-refractivity contribution >= 4 is 11.9 Å². The second-order valence-corrected chi connectivity index (χ2v) is 2.37. The maximum atomic E-state index is 10.5. The molecule has 74 valence electrons. The van der Waals surface area contributed by atoms with Crippen molar-refractivity contribution in [3.8, 4) is 0 Å². The molecule has 1 rings (SSSR count). The molecule has 1 heterocycles. The number of ether oxygens (including phenoxy) is 1. The van der Waals surface area contributed by atoms with E-state index < -0.39 is 11.9 Å². The number of hydrogen-bond acceptors (Lipinski definition) is 5. The summed E-state index contributed by atoms with van der Waals surface area (Å²) in [6.07, 6.45) is 0. The number of hydrogen-bond donors (Lipinski definition) is 2. The number of carbonyl (C=O) groups excluding carboxylic acids is 2. The summed E-state index contributed by atoms with van der Waals surface area (Å²) in [5.41, 5.74) is 0.833. The largest absolute Gasteiger partial charge is 0.394 e. The van der Waals surface area contributed by atoms with Crippen LogP contribution in [0.15, 0.2) is 11.1 Å². The van der Waals surface area contributed by atoms with Crippen molar-refractivity contribution in [2.24, 2.45) is 0 Å². The number of aliphatic hydroxyl groups excluding tert-OH is 2. The van der Waals surface area contributed by atoms with Gasteiger partial charge in [0.1, 0.15) is 0 Å². The predicted molar refractivity (Wildman–Crippen MR) is 43.6 cm³/mol. The van der Waals surface area contributed by atoms with Crippen LogP contribution in [0.2, 0.25) is 0 Å². The Kier molecular flexibility index (Phi) is 4.94. The van der Waals surface area contributed by atoms with E-state index in [1.54, 1.807) is 13.8 Å². The highest BCUT2D eigenvalue weighted by molar-refractivity contribution is 6.11. The van der Waals surface area contributed by atoms with Crippen LogP contribution < -0.4 is 0 Å². The minimum Gasteiger partial charge on any atom is -0.394 e. The summed E-state index contributed by atoms with van der Waals surface area (Å²) in [7, 11) is 0. The molecule has 0 aromatic rings. The van der Waals surface area contributed by atoms with Gasteiger partial charge >= 0.3 is 11.9 Å². The van der Waals surface area contributed by atoms with Crippen molar-refractivity contribution in [2.45, 2.75) is 13.8 Å². The SMILES string of the molecule is CC1=C(C)C(=O)OC1=O.OCCO. The highest BCUT2D eigenvalue weighted by Crippen LogP contribution is 2.14. The monoisotopic (exact) mass is 188 g/mol. The molecule has 13 heavy (non-hydrogen) atoms. The van der Waals surface area contributed by atoms with Gasteiger partial charge < -0.3 is 14.9 Å². The van der Waals surface area contributed by atoms with Gasteiger partial charge in [-0.3, -0.25) is 0 Å². The zero-order valence-electron chi connectivity index (χ0n) is 7.53. The molecule has 1 aliphatic heterocycles. The fraction of sp³-hybridized carbons (Fsp3) is 0.500. The Labute approximate surface area is 75.6 Å². The van der Waals surface area contributed by atoms with E-state index in [-0.39, 0.29) is 13.2 Å². The summed E-state index contributed by atoms with van der Waals surface area (Å²) in [5, 5.41) is 15.2. The lowest BCUT2D eigenvalue weighted by Gasteiger charge is -1.84. The minimum atomic E-state index is -0.516. The summed E-state index contributed by atoms with van der Waals surface area (Å²) < 4.78 is 4.23. The Morgan fingerprint density at radius 3 is 1.38 bits per heavy atom. The van der Waals surface area contributed by atoms with Gasteiger partial charge in [0.05, 0.1) is 13.2 Å². The number of rotatable bonds is 1. The van der Waals surface area contributed by atoms with Gasteiger partial charge in [0.25, 0.3) is 0 Å². The molecule has 1 aliphatic rings. The van der Waals surface area contributed by atoms with Crippen LogP contribution in [0.4, 0.5) is 0 Å². The molecule has 2 N–H and O–H groups in total. The fourth-order valence-electron chi connectivity index (χ4n) is 0.543. The molecule has 0 saturated heterocycles. The molecule has 0 aromatic carbocycles. The van der Waals surface area contributed by atoms with Crippen molar-refractivity contribution in [1.29, 1.82) is 0 Å². The first-order valence-electron chi connectivity index (χ1n) is 3.70. The zero-order valence-corrected chi connectivity index (χ0v) is 7.53. The van der Waals surface area contributed by atoms with Gasteiger partial charge in [0.15, 0.2) is 0 Å². The Morgan fingerprint density at radius 2 is 1.31 bits per heavy atom. The first-order chi connectivity index (χ1) is 6.04. The van der Waals surface area contributed by atoms with E-state index in [1.807, 2.05) is 0 Å². The van der Waals surface area contributed by atoms with Gasteiger partial charge in [-0.05, 0) is 13.8 Å². The van der Waals surface area contributed by atoms with Crippen LogP contribution in [-0.4, -0.2) is 35.4 Å². The smallest absolute Gasteiger partial charge is 0.342 e. The van der Waals surface area contributed by atoms with Crippen molar-refractivity contribution in [2.75, 3.05) is 13.2 Å². The molecule has 0 aliphatic carbocycles. The molecule has 0 atom stereocenters. The molecule has 0 radical (unpaired) electrons. The van der Waals surface area contributed by atoms with Gasteiger partial charge in [-0.15, -0.1) is 0 Å². The lowest BCUT2D eigenvalue weighted by atomic mass is 10.2. The molecule has 0 spiro atoms. The van der Waals surface area contributed by atoms with Crippen LogP contribution in [0.5, 0.6) is 0 Å². The maximum Gasteiger partial charge on any atom is 0.342 e. The molecule has 0 saturated carbocycles. The van der Waals surface area contributed by atoms with Crippen LogP contribution in [0.1, 0.15) is 13.8 Å². The quantitative estimate of drug-likeness (QED) is 0.423. The first-order valence-corrected chi connectivity index (χ1v) is 3.70. The molecule has 0 fully saturated rings.